The smallest absolute Gasteiger partial charge is 0.105 e. The van der Waals surface area contributed by atoms with Crippen LogP contribution in [0.15, 0.2) is 36.0 Å². The van der Waals surface area contributed by atoms with Gasteiger partial charge >= 0.3 is 0 Å². The minimum absolute atomic E-state index is 0.157. The Morgan fingerprint density at radius 1 is 1.50 bits per heavy atom. The number of nitrogens with zero attached hydrogens (tertiary/aromatic N) is 3. The molecular weight excluding hydrogens is 206 g/mol. The molecule has 0 saturated heterocycles. The van der Waals surface area contributed by atoms with E-state index in [1.165, 1.54) is 0 Å². The van der Waals surface area contributed by atoms with Crippen molar-refractivity contribution in [2.75, 3.05) is 6.54 Å². The molecule has 0 aromatic heterocycles. The Bertz CT molecular complexity index is 413. The van der Waals surface area contributed by atoms with Gasteiger partial charge in [0.05, 0.1) is 12.6 Å². The topological polar surface area (TPSA) is 89.2 Å². The molecular formula is C11H13N3O2. The maximum atomic E-state index is 9.77. The molecule has 1 aromatic carbocycles. The van der Waals surface area contributed by atoms with E-state index in [4.69, 9.17) is 5.53 Å². The molecule has 1 rings (SSSR count). The highest BCUT2D eigenvalue weighted by Crippen LogP contribution is 2.18. The molecule has 2 atom stereocenters. The van der Waals surface area contributed by atoms with Crippen molar-refractivity contribution in [2.45, 2.75) is 12.2 Å². The van der Waals surface area contributed by atoms with Gasteiger partial charge in [-0.2, -0.15) is 0 Å². The fraction of sp³-hybridized carbons (Fsp3) is 0.273. The zero-order chi connectivity index (χ0) is 12.0. The predicted molar refractivity (Wildman–Crippen MR) is 61.5 cm³/mol. The summed E-state index contributed by atoms with van der Waals surface area (Å²) in [4.78, 5) is 2.52. The summed E-state index contributed by atoms with van der Waals surface area (Å²) in [6, 6.07) is 7.01. The first-order valence-corrected chi connectivity index (χ1v) is 4.78. The van der Waals surface area contributed by atoms with Gasteiger partial charge in [0.2, 0.25) is 0 Å². The van der Waals surface area contributed by atoms with E-state index in [2.05, 4.69) is 16.6 Å². The average Bonchev–Trinajstić information content (AvgIpc) is 2.35. The Hall–Kier alpha value is -1.81. The van der Waals surface area contributed by atoms with E-state index in [0.29, 0.717) is 5.56 Å². The van der Waals surface area contributed by atoms with Crippen LogP contribution in [-0.4, -0.2) is 22.9 Å². The molecule has 0 bridgehead atoms. The number of benzene rings is 1. The summed E-state index contributed by atoms with van der Waals surface area (Å²) >= 11 is 0. The van der Waals surface area contributed by atoms with Gasteiger partial charge < -0.3 is 10.2 Å². The Morgan fingerprint density at radius 2 is 2.25 bits per heavy atom. The van der Waals surface area contributed by atoms with Gasteiger partial charge in [0.15, 0.2) is 0 Å². The zero-order valence-corrected chi connectivity index (χ0v) is 8.69. The Morgan fingerprint density at radius 3 is 2.88 bits per heavy atom. The molecule has 16 heavy (non-hydrogen) atoms. The lowest BCUT2D eigenvalue weighted by molar-refractivity contribution is 0.0244. The standard InChI is InChI=1S/C11H13N3O2/c1-2-8-4-3-5-9(6-8)11(16)10(15)7-13-14-12/h2-6,10-11,15-16H,1,7H2. The number of azide groups is 1. The molecule has 0 aliphatic heterocycles. The van der Waals surface area contributed by atoms with Crippen molar-refractivity contribution >= 4 is 6.08 Å². The number of hydrogen-bond acceptors (Lipinski definition) is 3. The maximum Gasteiger partial charge on any atom is 0.105 e. The van der Waals surface area contributed by atoms with Gasteiger partial charge in [0.1, 0.15) is 6.10 Å². The van der Waals surface area contributed by atoms with E-state index in [0.717, 1.165) is 5.56 Å². The molecule has 0 aliphatic carbocycles. The molecule has 5 nitrogen and oxygen atoms in total. The fourth-order valence-corrected chi connectivity index (χ4v) is 1.31. The second-order valence-corrected chi connectivity index (χ2v) is 3.30. The highest BCUT2D eigenvalue weighted by Gasteiger charge is 2.17. The van der Waals surface area contributed by atoms with Crippen molar-refractivity contribution in [2.24, 2.45) is 5.11 Å². The quantitative estimate of drug-likeness (QED) is 0.450. The van der Waals surface area contributed by atoms with Gasteiger partial charge in [-0.15, -0.1) is 0 Å². The van der Waals surface area contributed by atoms with E-state index in [1.54, 1.807) is 24.3 Å². The van der Waals surface area contributed by atoms with Gasteiger partial charge in [0.25, 0.3) is 0 Å². The Kier molecular flexibility index (Phi) is 4.54. The first-order chi connectivity index (χ1) is 7.69. The lowest BCUT2D eigenvalue weighted by Gasteiger charge is -2.16. The Labute approximate surface area is 93.3 Å². The lowest BCUT2D eigenvalue weighted by Crippen LogP contribution is -2.21. The second kappa shape index (κ2) is 5.92. The van der Waals surface area contributed by atoms with Crippen LogP contribution in [0, 0.1) is 0 Å². The summed E-state index contributed by atoms with van der Waals surface area (Å²) in [6.07, 6.45) is -0.517. The fourth-order valence-electron chi connectivity index (χ4n) is 1.31. The van der Waals surface area contributed by atoms with Crippen LogP contribution >= 0.6 is 0 Å². The summed E-state index contributed by atoms with van der Waals surface area (Å²) in [6.45, 7) is 3.46. The van der Waals surface area contributed by atoms with Crippen molar-refractivity contribution in [3.63, 3.8) is 0 Å². The van der Waals surface area contributed by atoms with Crippen LogP contribution in [0.1, 0.15) is 17.2 Å². The van der Waals surface area contributed by atoms with E-state index in [1.807, 2.05) is 6.07 Å². The van der Waals surface area contributed by atoms with Crippen LogP contribution < -0.4 is 0 Å². The third-order valence-corrected chi connectivity index (χ3v) is 2.18. The minimum Gasteiger partial charge on any atom is -0.390 e. The highest BCUT2D eigenvalue weighted by molar-refractivity contribution is 5.48. The van der Waals surface area contributed by atoms with Crippen molar-refractivity contribution in [3.8, 4) is 0 Å². The van der Waals surface area contributed by atoms with Crippen LogP contribution in [-0.2, 0) is 0 Å². The van der Waals surface area contributed by atoms with Crippen molar-refractivity contribution in [1.29, 1.82) is 0 Å². The van der Waals surface area contributed by atoms with Gasteiger partial charge in [0, 0.05) is 4.91 Å². The first-order valence-electron chi connectivity index (χ1n) is 4.78. The van der Waals surface area contributed by atoms with Crippen molar-refractivity contribution in [3.05, 3.63) is 52.4 Å². The monoisotopic (exact) mass is 219 g/mol. The van der Waals surface area contributed by atoms with Gasteiger partial charge in [-0.1, -0.05) is 36.0 Å². The largest absolute Gasteiger partial charge is 0.390 e. The molecule has 2 N–H and O–H groups in total. The maximum absolute atomic E-state index is 9.77. The Balaban J connectivity index is 2.81. The summed E-state index contributed by atoms with van der Waals surface area (Å²) in [7, 11) is 0. The normalized spacial score (nSPS) is 13.6. The molecule has 0 radical (unpaired) electrons. The van der Waals surface area contributed by atoms with E-state index >= 15 is 0 Å². The van der Waals surface area contributed by atoms with Gasteiger partial charge in [-0.05, 0) is 22.7 Å². The molecule has 0 heterocycles. The first kappa shape index (κ1) is 12.3. The summed E-state index contributed by atoms with van der Waals surface area (Å²) in [5.41, 5.74) is 9.52. The molecule has 0 fully saturated rings. The van der Waals surface area contributed by atoms with Gasteiger partial charge in [-0.25, -0.2) is 0 Å². The van der Waals surface area contributed by atoms with Crippen LogP contribution in [0.3, 0.4) is 0 Å². The number of hydrogen-bond donors (Lipinski definition) is 2. The molecule has 0 spiro atoms. The summed E-state index contributed by atoms with van der Waals surface area (Å²) < 4.78 is 0. The third kappa shape index (κ3) is 3.10. The van der Waals surface area contributed by atoms with Crippen LogP contribution in [0.25, 0.3) is 16.5 Å². The van der Waals surface area contributed by atoms with Gasteiger partial charge in [-0.3, -0.25) is 0 Å². The highest BCUT2D eigenvalue weighted by atomic mass is 16.3. The molecule has 5 heteroatoms. The number of aliphatic hydroxyl groups excluding tert-OH is 2. The summed E-state index contributed by atoms with van der Waals surface area (Å²) in [5.74, 6) is 0. The molecule has 84 valence electrons. The molecule has 0 aliphatic rings. The molecule has 1 aromatic rings. The van der Waals surface area contributed by atoms with Crippen molar-refractivity contribution < 1.29 is 10.2 Å². The second-order valence-electron chi connectivity index (χ2n) is 3.30. The van der Waals surface area contributed by atoms with E-state index < -0.39 is 12.2 Å². The lowest BCUT2D eigenvalue weighted by atomic mass is 10.0. The molecule has 2 unspecified atom stereocenters. The zero-order valence-electron chi connectivity index (χ0n) is 8.69. The van der Waals surface area contributed by atoms with Crippen molar-refractivity contribution in [1.82, 2.24) is 0 Å². The number of aliphatic hydroxyl groups is 2. The molecule has 0 saturated carbocycles. The SMILES string of the molecule is C=Cc1cccc(C(O)C(O)CN=[N+]=[N-])c1. The van der Waals surface area contributed by atoms with Crippen LogP contribution in [0.2, 0.25) is 0 Å². The molecule has 0 amide bonds. The van der Waals surface area contributed by atoms with Crippen LogP contribution in [0.5, 0.6) is 0 Å². The van der Waals surface area contributed by atoms with Crippen LogP contribution in [0.4, 0.5) is 0 Å². The number of rotatable bonds is 5. The van der Waals surface area contributed by atoms with E-state index in [-0.39, 0.29) is 6.54 Å². The predicted octanol–water partition coefficient (Wildman–Crippen LogP) is 2.03. The minimum atomic E-state index is -1.10. The average molecular weight is 219 g/mol. The summed E-state index contributed by atoms with van der Waals surface area (Å²) in [5, 5.41) is 22.5. The van der Waals surface area contributed by atoms with E-state index in [9.17, 15) is 10.2 Å². The third-order valence-electron chi connectivity index (χ3n) is 2.18.